The minimum Gasteiger partial charge on any atom is -0.352 e. The van der Waals surface area contributed by atoms with Crippen molar-refractivity contribution in [2.24, 2.45) is 0 Å². The molecule has 0 atom stereocenters. The lowest BCUT2D eigenvalue weighted by molar-refractivity contribution is 0.0953. The summed E-state index contributed by atoms with van der Waals surface area (Å²) in [5.74, 6) is 0.871. The Balaban J connectivity index is 1.38. The number of aromatic nitrogens is 4. The molecule has 6 heteroatoms. The normalized spacial score (nSPS) is 11.5. The van der Waals surface area contributed by atoms with Crippen LogP contribution in [0.1, 0.15) is 42.5 Å². The summed E-state index contributed by atoms with van der Waals surface area (Å²) in [6, 6.07) is 14.1. The molecule has 3 aromatic heterocycles. The van der Waals surface area contributed by atoms with Crippen LogP contribution in [-0.2, 0) is 6.42 Å². The van der Waals surface area contributed by atoms with Crippen LogP contribution in [0, 0.1) is 0 Å². The van der Waals surface area contributed by atoms with Gasteiger partial charge in [0.2, 0.25) is 0 Å². The van der Waals surface area contributed by atoms with E-state index in [0.29, 0.717) is 18.2 Å². The average molecular weight is 361 g/mol. The Morgan fingerprint density at radius 3 is 2.85 bits per heavy atom. The van der Waals surface area contributed by atoms with Crippen molar-refractivity contribution in [1.82, 2.24) is 24.5 Å². The Bertz CT molecular complexity index is 1090. The first kappa shape index (κ1) is 17.3. The van der Waals surface area contributed by atoms with Gasteiger partial charge < -0.3 is 9.88 Å². The van der Waals surface area contributed by atoms with Crippen LogP contribution in [0.3, 0.4) is 0 Å². The smallest absolute Gasteiger partial charge is 0.251 e. The van der Waals surface area contributed by atoms with Gasteiger partial charge >= 0.3 is 0 Å². The molecule has 3 heterocycles. The number of fused-ring (bicyclic) bond motifs is 2. The van der Waals surface area contributed by atoms with Gasteiger partial charge in [-0.2, -0.15) is 0 Å². The fraction of sp³-hybridized carbons (Fsp3) is 0.286. The second-order valence-corrected chi connectivity index (χ2v) is 6.99. The van der Waals surface area contributed by atoms with Crippen molar-refractivity contribution in [2.45, 2.75) is 32.7 Å². The van der Waals surface area contributed by atoms with Crippen LogP contribution in [-0.4, -0.2) is 31.6 Å². The largest absolute Gasteiger partial charge is 0.352 e. The van der Waals surface area contributed by atoms with Crippen LogP contribution >= 0.6 is 0 Å². The van der Waals surface area contributed by atoms with E-state index in [0.717, 1.165) is 35.2 Å². The lowest BCUT2D eigenvalue weighted by Gasteiger charge is -2.10. The van der Waals surface area contributed by atoms with E-state index in [9.17, 15) is 4.79 Å². The summed E-state index contributed by atoms with van der Waals surface area (Å²) in [6.45, 7) is 4.88. The zero-order chi connectivity index (χ0) is 18.8. The molecule has 1 amide bonds. The lowest BCUT2D eigenvalue weighted by atomic mass is 10.1. The van der Waals surface area contributed by atoms with Crippen molar-refractivity contribution < 1.29 is 4.79 Å². The highest BCUT2D eigenvalue weighted by molar-refractivity contribution is 5.98. The van der Waals surface area contributed by atoms with Gasteiger partial charge in [0, 0.05) is 42.5 Å². The molecule has 1 N–H and O–H groups in total. The number of benzene rings is 1. The van der Waals surface area contributed by atoms with Crippen LogP contribution < -0.4 is 5.32 Å². The number of hydrogen-bond acceptors (Lipinski definition) is 3. The maximum atomic E-state index is 12.5. The summed E-state index contributed by atoms with van der Waals surface area (Å²) in [4.78, 5) is 12.5. The molecule has 1 aromatic carbocycles. The number of amides is 1. The number of pyridine rings is 1. The summed E-state index contributed by atoms with van der Waals surface area (Å²) in [7, 11) is 0. The van der Waals surface area contributed by atoms with Gasteiger partial charge in [0.25, 0.3) is 5.91 Å². The number of aryl methyl sites for hydroxylation is 1. The molecule has 0 spiro atoms. The maximum absolute atomic E-state index is 12.5. The third-order valence-electron chi connectivity index (χ3n) is 4.79. The van der Waals surface area contributed by atoms with E-state index in [1.165, 1.54) is 0 Å². The van der Waals surface area contributed by atoms with E-state index in [2.05, 4.69) is 46.2 Å². The Labute approximate surface area is 157 Å². The summed E-state index contributed by atoms with van der Waals surface area (Å²) in [5.41, 5.74) is 2.63. The monoisotopic (exact) mass is 361 g/mol. The quantitative estimate of drug-likeness (QED) is 0.534. The van der Waals surface area contributed by atoms with Crippen molar-refractivity contribution >= 4 is 22.5 Å². The molecule has 0 saturated carbocycles. The van der Waals surface area contributed by atoms with Gasteiger partial charge in [-0.3, -0.25) is 9.20 Å². The van der Waals surface area contributed by atoms with Crippen molar-refractivity contribution in [1.29, 1.82) is 0 Å². The minimum atomic E-state index is -0.0421. The molecule has 6 nitrogen and oxygen atoms in total. The van der Waals surface area contributed by atoms with E-state index in [-0.39, 0.29) is 5.91 Å². The van der Waals surface area contributed by atoms with Gasteiger partial charge in [-0.15, -0.1) is 10.2 Å². The van der Waals surface area contributed by atoms with Gasteiger partial charge in [0.15, 0.2) is 5.65 Å². The van der Waals surface area contributed by atoms with E-state index in [1.54, 1.807) is 0 Å². The number of hydrogen-bond donors (Lipinski definition) is 1. The number of nitrogens with zero attached hydrogens (tertiary/aromatic N) is 4. The molecule has 0 radical (unpaired) electrons. The number of rotatable bonds is 6. The van der Waals surface area contributed by atoms with Crippen molar-refractivity contribution in [3.05, 3.63) is 66.2 Å². The highest BCUT2D eigenvalue weighted by Gasteiger charge is 2.10. The number of carbonyl (C=O) groups is 1. The van der Waals surface area contributed by atoms with Gasteiger partial charge in [0.1, 0.15) is 5.82 Å². The van der Waals surface area contributed by atoms with Crippen LogP contribution in [0.2, 0.25) is 0 Å². The van der Waals surface area contributed by atoms with Crippen LogP contribution in [0.5, 0.6) is 0 Å². The number of carbonyl (C=O) groups excluding carboxylic acids is 1. The van der Waals surface area contributed by atoms with Crippen LogP contribution in [0.15, 0.2) is 54.9 Å². The summed E-state index contributed by atoms with van der Waals surface area (Å²) in [6.07, 6.45) is 5.61. The molecular weight excluding hydrogens is 338 g/mol. The van der Waals surface area contributed by atoms with Gasteiger partial charge in [-0.1, -0.05) is 12.1 Å². The fourth-order valence-corrected chi connectivity index (χ4v) is 3.35. The van der Waals surface area contributed by atoms with Crippen LogP contribution in [0.4, 0.5) is 0 Å². The number of nitrogens with one attached hydrogen (secondary N) is 1. The zero-order valence-electron chi connectivity index (χ0n) is 15.6. The summed E-state index contributed by atoms with van der Waals surface area (Å²) in [5, 5.41) is 12.5. The Morgan fingerprint density at radius 1 is 1.11 bits per heavy atom. The molecule has 0 aliphatic heterocycles. The Morgan fingerprint density at radius 2 is 2.00 bits per heavy atom. The first-order chi connectivity index (χ1) is 13.1. The van der Waals surface area contributed by atoms with Crippen molar-refractivity contribution in [2.75, 3.05) is 6.54 Å². The third-order valence-corrected chi connectivity index (χ3v) is 4.79. The molecule has 0 fully saturated rings. The molecular formula is C21H23N5O. The van der Waals surface area contributed by atoms with Gasteiger partial charge in [-0.25, -0.2) is 0 Å². The summed E-state index contributed by atoms with van der Waals surface area (Å²) < 4.78 is 4.17. The van der Waals surface area contributed by atoms with Crippen LogP contribution in [0.25, 0.3) is 16.6 Å². The van der Waals surface area contributed by atoms with Gasteiger partial charge in [0.05, 0.1) is 0 Å². The lowest BCUT2D eigenvalue weighted by Crippen LogP contribution is -2.25. The molecule has 27 heavy (non-hydrogen) atoms. The summed E-state index contributed by atoms with van der Waals surface area (Å²) >= 11 is 0. The van der Waals surface area contributed by atoms with E-state index >= 15 is 0 Å². The van der Waals surface area contributed by atoms with E-state index in [1.807, 2.05) is 47.0 Å². The predicted molar refractivity (Wildman–Crippen MR) is 106 cm³/mol. The van der Waals surface area contributed by atoms with E-state index in [4.69, 9.17) is 0 Å². The molecule has 0 aliphatic rings. The van der Waals surface area contributed by atoms with Crippen molar-refractivity contribution in [3.63, 3.8) is 0 Å². The molecule has 0 unspecified atom stereocenters. The minimum absolute atomic E-state index is 0.0421. The van der Waals surface area contributed by atoms with E-state index < -0.39 is 0 Å². The second kappa shape index (κ2) is 7.23. The molecule has 0 bridgehead atoms. The third kappa shape index (κ3) is 3.43. The standard InChI is InChI=1S/C21H23N5O/c1-15(2)25-13-10-16-8-9-17(14-18(16)25)21(27)22-11-5-7-20-24-23-19-6-3-4-12-26(19)20/h3-4,6,8-10,12-15H,5,7,11H2,1-2H3,(H,22,27). The Kier molecular flexibility index (Phi) is 4.62. The molecule has 0 saturated heterocycles. The highest BCUT2D eigenvalue weighted by atomic mass is 16.1. The molecule has 4 aromatic rings. The molecule has 4 rings (SSSR count). The second-order valence-electron chi connectivity index (χ2n) is 6.99. The topological polar surface area (TPSA) is 64.2 Å². The maximum Gasteiger partial charge on any atom is 0.251 e. The first-order valence-corrected chi connectivity index (χ1v) is 9.31. The van der Waals surface area contributed by atoms with Gasteiger partial charge in [-0.05, 0) is 56.0 Å². The average Bonchev–Trinajstić information content (AvgIpc) is 3.28. The van der Waals surface area contributed by atoms with Crippen molar-refractivity contribution in [3.8, 4) is 0 Å². The highest BCUT2D eigenvalue weighted by Crippen LogP contribution is 2.21. The first-order valence-electron chi connectivity index (χ1n) is 9.31. The Hall–Kier alpha value is -3.15. The fourth-order valence-electron chi connectivity index (χ4n) is 3.35. The molecule has 138 valence electrons. The SMILES string of the molecule is CC(C)n1ccc2ccc(C(=O)NCCCc3nnc4ccccn34)cc21. The molecule has 0 aliphatic carbocycles. The predicted octanol–water partition coefficient (Wildman–Crippen LogP) is 3.63. The zero-order valence-corrected chi connectivity index (χ0v) is 15.6.